The molecule has 0 unspecified atom stereocenters. The predicted molar refractivity (Wildman–Crippen MR) is 57.4 cm³/mol. The SMILES string of the molecule is CCCNCCCN1CCN(C)C1=O. The molecule has 1 fully saturated rings. The molecule has 2 amide bonds. The van der Waals surface area contributed by atoms with E-state index in [1.165, 1.54) is 6.42 Å². The molecule has 0 aromatic carbocycles. The Balaban J connectivity index is 2.04. The molecule has 1 heterocycles. The number of nitrogens with one attached hydrogen (secondary N) is 1. The van der Waals surface area contributed by atoms with Gasteiger partial charge in [-0.2, -0.15) is 0 Å². The van der Waals surface area contributed by atoms with Gasteiger partial charge in [0.1, 0.15) is 0 Å². The number of hydrogen-bond donors (Lipinski definition) is 1. The Bertz CT molecular complexity index is 184. The third-order valence-corrected chi connectivity index (χ3v) is 2.51. The summed E-state index contributed by atoms with van der Waals surface area (Å²) in [6.07, 6.45) is 2.23. The Morgan fingerprint density at radius 1 is 1.36 bits per heavy atom. The van der Waals surface area contributed by atoms with Crippen molar-refractivity contribution in [3.63, 3.8) is 0 Å². The maximum atomic E-state index is 11.5. The fourth-order valence-corrected chi connectivity index (χ4v) is 1.61. The highest BCUT2D eigenvalue weighted by molar-refractivity contribution is 5.76. The first-order valence-electron chi connectivity index (χ1n) is 5.46. The number of amides is 2. The lowest BCUT2D eigenvalue weighted by Crippen LogP contribution is -2.31. The molecule has 4 nitrogen and oxygen atoms in total. The number of likely N-dealkylation sites (N-methyl/N-ethyl adjacent to an activating group) is 1. The third-order valence-electron chi connectivity index (χ3n) is 2.51. The first kappa shape index (κ1) is 11.3. The van der Waals surface area contributed by atoms with Gasteiger partial charge < -0.3 is 15.1 Å². The number of rotatable bonds is 6. The molecule has 1 aliphatic heterocycles. The maximum Gasteiger partial charge on any atom is 0.319 e. The highest BCUT2D eigenvalue weighted by Gasteiger charge is 2.23. The second kappa shape index (κ2) is 5.86. The van der Waals surface area contributed by atoms with Gasteiger partial charge in [0.05, 0.1) is 0 Å². The van der Waals surface area contributed by atoms with Crippen molar-refractivity contribution < 1.29 is 4.79 Å². The molecular weight excluding hydrogens is 178 g/mol. The average molecular weight is 199 g/mol. The normalized spacial score (nSPS) is 16.9. The molecule has 1 saturated heterocycles. The van der Waals surface area contributed by atoms with Crippen LogP contribution in [-0.4, -0.2) is 55.6 Å². The molecule has 1 rings (SSSR count). The molecule has 0 radical (unpaired) electrons. The third kappa shape index (κ3) is 3.18. The van der Waals surface area contributed by atoms with E-state index in [-0.39, 0.29) is 6.03 Å². The zero-order valence-electron chi connectivity index (χ0n) is 9.25. The minimum atomic E-state index is 0.181. The van der Waals surface area contributed by atoms with E-state index < -0.39 is 0 Å². The van der Waals surface area contributed by atoms with E-state index in [0.717, 1.165) is 39.1 Å². The number of carbonyl (C=O) groups excluding carboxylic acids is 1. The van der Waals surface area contributed by atoms with Gasteiger partial charge in [-0.25, -0.2) is 4.79 Å². The number of nitrogens with zero attached hydrogens (tertiary/aromatic N) is 2. The maximum absolute atomic E-state index is 11.5. The lowest BCUT2D eigenvalue weighted by atomic mass is 10.3. The van der Waals surface area contributed by atoms with Crippen molar-refractivity contribution in [1.82, 2.24) is 15.1 Å². The molecule has 0 atom stereocenters. The van der Waals surface area contributed by atoms with Crippen LogP contribution in [-0.2, 0) is 0 Å². The van der Waals surface area contributed by atoms with Crippen molar-refractivity contribution in [2.75, 3.05) is 39.8 Å². The molecule has 1 aliphatic rings. The van der Waals surface area contributed by atoms with E-state index >= 15 is 0 Å². The average Bonchev–Trinajstić information content (AvgIpc) is 2.49. The van der Waals surface area contributed by atoms with Gasteiger partial charge in [0.2, 0.25) is 0 Å². The van der Waals surface area contributed by atoms with Crippen LogP contribution in [0.5, 0.6) is 0 Å². The van der Waals surface area contributed by atoms with Gasteiger partial charge in [-0.1, -0.05) is 6.92 Å². The minimum Gasteiger partial charge on any atom is -0.326 e. The Kier molecular flexibility index (Phi) is 4.73. The zero-order chi connectivity index (χ0) is 10.4. The molecule has 1 N–H and O–H groups in total. The summed E-state index contributed by atoms with van der Waals surface area (Å²) < 4.78 is 0. The van der Waals surface area contributed by atoms with Crippen LogP contribution in [0.4, 0.5) is 4.79 Å². The summed E-state index contributed by atoms with van der Waals surface area (Å²) in [6, 6.07) is 0.181. The molecular formula is C10H21N3O. The zero-order valence-corrected chi connectivity index (χ0v) is 9.25. The summed E-state index contributed by atoms with van der Waals surface area (Å²) in [5.41, 5.74) is 0. The first-order chi connectivity index (χ1) is 6.75. The van der Waals surface area contributed by atoms with Gasteiger partial charge in [-0.15, -0.1) is 0 Å². The van der Waals surface area contributed by atoms with Crippen LogP contribution >= 0.6 is 0 Å². The number of hydrogen-bond acceptors (Lipinski definition) is 2. The van der Waals surface area contributed by atoms with Crippen LogP contribution in [0.3, 0.4) is 0 Å². The molecule has 0 spiro atoms. The van der Waals surface area contributed by atoms with E-state index in [1.807, 2.05) is 11.9 Å². The van der Waals surface area contributed by atoms with E-state index in [0.29, 0.717) is 0 Å². The summed E-state index contributed by atoms with van der Waals surface area (Å²) in [7, 11) is 1.86. The van der Waals surface area contributed by atoms with Crippen LogP contribution in [0.2, 0.25) is 0 Å². The van der Waals surface area contributed by atoms with Gasteiger partial charge in [0.25, 0.3) is 0 Å². The fourth-order valence-electron chi connectivity index (χ4n) is 1.61. The van der Waals surface area contributed by atoms with Crippen LogP contribution < -0.4 is 5.32 Å². The lowest BCUT2D eigenvalue weighted by molar-refractivity contribution is 0.198. The van der Waals surface area contributed by atoms with Gasteiger partial charge >= 0.3 is 6.03 Å². The quantitative estimate of drug-likeness (QED) is 0.641. The Labute approximate surface area is 86.2 Å². The molecule has 4 heteroatoms. The van der Waals surface area contributed by atoms with Crippen molar-refractivity contribution in [1.29, 1.82) is 0 Å². The molecule has 14 heavy (non-hydrogen) atoms. The smallest absolute Gasteiger partial charge is 0.319 e. The topological polar surface area (TPSA) is 35.6 Å². The Morgan fingerprint density at radius 3 is 2.71 bits per heavy atom. The van der Waals surface area contributed by atoms with Crippen molar-refractivity contribution in [2.45, 2.75) is 19.8 Å². The minimum absolute atomic E-state index is 0.181. The second-order valence-corrected chi connectivity index (χ2v) is 3.79. The molecule has 0 bridgehead atoms. The van der Waals surface area contributed by atoms with Crippen LogP contribution in [0.1, 0.15) is 19.8 Å². The molecule has 0 aromatic rings. The first-order valence-corrected chi connectivity index (χ1v) is 5.46. The second-order valence-electron chi connectivity index (χ2n) is 3.79. The summed E-state index contributed by atoms with van der Waals surface area (Å²) in [4.78, 5) is 15.2. The largest absolute Gasteiger partial charge is 0.326 e. The molecule has 82 valence electrons. The highest BCUT2D eigenvalue weighted by atomic mass is 16.2. The van der Waals surface area contributed by atoms with Gasteiger partial charge in [0.15, 0.2) is 0 Å². The standard InChI is InChI=1S/C10H21N3O/c1-3-5-11-6-4-7-13-9-8-12(2)10(13)14/h11H,3-9H2,1-2H3. The van der Waals surface area contributed by atoms with Gasteiger partial charge in [-0.3, -0.25) is 0 Å². The summed E-state index contributed by atoms with van der Waals surface area (Å²) in [5, 5.41) is 3.33. The van der Waals surface area contributed by atoms with Gasteiger partial charge in [0, 0.05) is 26.7 Å². The van der Waals surface area contributed by atoms with E-state index in [1.54, 1.807) is 4.90 Å². The van der Waals surface area contributed by atoms with Crippen LogP contribution in [0.25, 0.3) is 0 Å². The van der Waals surface area contributed by atoms with E-state index in [4.69, 9.17) is 0 Å². The van der Waals surface area contributed by atoms with Crippen molar-refractivity contribution in [3.05, 3.63) is 0 Å². The number of carbonyl (C=O) groups is 1. The number of urea groups is 1. The van der Waals surface area contributed by atoms with Crippen LogP contribution in [0.15, 0.2) is 0 Å². The molecule has 0 aromatic heterocycles. The highest BCUT2D eigenvalue weighted by Crippen LogP contribution is 2.05. The van der Waals surface area contributed by atoms with Gasteiger partial charge in [-0.05, 0) is 25.9 Å². The van der Waals surface area contributed by atoms with E-state index in [9.17, 15) is 4.79 Å². The Morgan fingerprint density at radius 2 is 2.14 bits per heavy atom. The predicted octanol–water partition coefficient (Wildman–Crippen LogP) is 0.744. The fraction of sp³-hybridized carbons (Fsp3) is 0.900. The molecule has 0 aliphatic carbocycles. The monoisotopic (exact) mass is 199 g/mol. The van der Waals surface area contributed by atoms with E-state index in [2.05, 4.69) is 12.2 Å². The van der Waals surface area contributed by atoms with Crippen LogP contribution in [0, 0.1) is 0 Å². The van der Waals surface area contributed by atoms with Crippen molar-refractivity contribution in [3.8, 4) is 0 Å². The van der Waals surface area contributed by atoms with Crippen molar-refractivity contribution in [2.24, 2.45) is 0 Å². The van der Waals surface area contributed by atoms with Crippen molar-refractivity contribution >= 4 is 6.03 Å². The Hall–Kier alpha value is -0.770. The lowest BCUT2D eigenvalue weighted by Gasteiger charge is -2.15. The summed E-state index contributed by atoms with van der Waals surface area (Å²) in [5.74, 6) is 0. The summed E-state index contributed by atoms with van der Waals surface area (Å²) >= 11 is 0. The molecule has 0 saturated carbocycles. The summed E-state index contributed by atoms with van der Waals surface area (Å²) in [6.45, 7) is 6.91.